The van der Waals surface area contributed by atoms with Gasteiger partial charge in [0.15, 0.2) is 0 Å². The molecule has 1 atom stereocenters. The highest BCUT2D eigenvalue weighted by atomic mass is 79.9. The minimum absolute atomic E-state index is 0.114. The van der Waals surface area contributed by atoms with Gasteiger partial charge in [-0.3, -0.25) is 9.69 Å². The molecule has 0 unspecified atom stereocenters. The molecule has 1 aliphatic heterocycles. The number of nitrogens with one attached hydrogen (secondary N) is 1. The third-order valence-corrected chi connectivity index (χ3v) is 7.17. The van der Waals surface area contributed by atoms with Gasteiger partial charge >= 0.3 is 0 Å². The average Bonchev–Trinajstić information content (AvgIpc) is 2.69. The van der Waals surface area contributed by atoms with Crippen molar-refractivity contribution in [3.63, 3.8) is 0 Å². The van der Waals surface area contributed by atoms with Gasteiger partial charge in [0.05, 0.1) is 18.0 Å². The number of nitrogens with zero attached hydrogens (tertiary/aromatic N) is 3. The molecule has 1 aromatic carbocycles. The minimum atomic E-state index is -3.54. The zero-order valence-electron chi connectivity index (χ0n) is 15.1. The van der Waals surface area contributed by atoms with Gasteiger partial charge in [0.2, 0.25) is 10.0 Å². The summed E-state index contributed by atoms with van der Waals surface area (Å²) >= 11 is 3.13. The number of halogens is 1. The molecule has 146 valence electrons. The van der Waals surface area contributed by atoms with Gasteiger partial charge in [0, 0.05) is 32.4 Å². The predicted molar refractivity (Wildman–Crippen MR) is 104 cm³/mol. The average molecular weight is 457 g/mol. The van der Waals surface area contributed by atoms with E-state index in [0.29, 0.717) is 42.2 Å². The Morgan fingerprint density at radius 3 is 2.37 bits per heavy atom. The number of methoxy groups -OCH3 is 1. The quantitative estimate of drug-likeness (QED) is 0.733. The minimum Gasteiger partial charge on any atom is -0.497 e. The number of hydrogen-bond acceptors (Lipinski definition) is 6. The van der Waals surface area contributed by atoms with E-state index >= 15 is 0 Å². The number of H-pyrrole nitrogens is 1. The Morgan fingerprint density at radius 2 is 1.81 bits per heavy atom. The van der Waals surface area contributed by atoms with E-state index in [9.17, 15) is 13.2 Å². The molecule has 3 rings (SSSR count). The number of sulfonamides is 1. The SMILES string of the molecule is COc1ccc(S(=O)(=O)N2CCN([C@H](C)c3ncc(Br)c(=O)[nH]3)CC2)cc1. The number of aromatic nitrogens is 2. The van der Waals surface area contributed by atoms with E-state index in [1.165, 1.54) is 17.6 Å². The summed E-state index contributed by atoms with van der Waals surface area (Å²) in [7, 11) is -2.00. The normalized spacial score (nSPS) is 17.6. The van der Waals surface area contributed by atoms with Gasteiger partial charge in [0.25, 0.3) is 5.56 Å². The van der Waals surface area contributed by atoms with E-state index in [2.05, 4.69) is 30.8 Å². The fourth-order valence-electron chi connectivity index (χ4n) is 3.01. The topological polar surface area (TPSA) is 95.6 Å². The van der Waals surface area contributed by atoms with Gasteiger partial charge in [-0.05, 0) is 47.1 Å². The molecule has 0 spiro atoms. The number of ether oxygens (including phenoxy) is 1. The van der Waals surface area contributed by atoms with Crippen LogP contribution in [-0.4, -0.2) is 60.9 Å². The molecule has 2 aromatic rings. The standard InChI is InChI=1S/C17H21BrN4O4S/c1-12(16-19-11-15(18)17(23)20-16)21-7-9-22(10-8-21)27(24,25)14-5-3-13(26-2)4-6-14/h3-6,11-12H,7-10H2,1-2H3,(H,19,20,23)/t12-/m1/s1. The highest BCUT2D eigenvalue weighted by Crippen LogP contribution is 2.23. The van der Waals surface area contributed by atoms with Crippen LogP contribution in [0, 0.1) is 0 Å². The molecule has 0 aliphatic carbocycles. The Kier molecular flexibility index (Phi) is 5.99. The van der Waals surface area contributed by atoms with Crippen LogP contribution in [0.25, 0.3) is 0 Å². The lowest BCUT2D eigenvalue weighted by Crippen LogP contribution is -2.49. The summed E-state index contributed by atoms with van der Waals surface area (Å²) in [6.07, 6.45) is 1.48. The van der Waals surface area contributed by atoms with Crippen molar-refractivity contribution in [1.82, 2.24) is 19.2 Å². The lowest BCUT2D eigenvalue weighted by Gasteiger charge is -2.36. The van der Waals surface area contributed by atoms with E-state index < -0.39 is 10.0 Å². The second-order valence-electron chi connectivity index (χ2n) is 6.24. The number of hydrogen-bond donors (Lipinski definition) is 1. The van der Waals surface area contributed by atoms with Crippen LogP contribution in [0.1, 0.15) is 18.8 Å². The summed E-state index contributed by atoms with van der Waals surface area (Å²) < 4.78 is 32.6. The van der Waals surface area contributed by atoms with Crippen molar-refractivity contribution < 1.29 is 13.2 Å². The summed E-state index contributed by atoms with van der Waals surface area (Å²) in [6, 6.07) is 6.28. The summed E-state index contributed by atoms with van der Waals surface area (Å²) in [5.74, 6) is 1.18. The van der Waals surface area contributed by atoms with Gasteiger partial charge in [-0.2, -0.15) is 4.31 Å². The first-order valence-electron chi connectivity index (χ1n) is 8.46. The van der Waals surface area contributed by atoms with Gasteiger partial charge in [-0.1, -0.05) is 0 Å². The lowest BCUT2D eigenvalue weighted by molar-refractivity contribution is 0.141. The second-order valence-corrected chi connectivity index (χ2v) is 9.03. The molecule has 0 saturated carbocycles. The second kappa shape index (κ2) is 8.09. The Balaban J connectivity index is 1.68. The molecule has 1 fully saturated rings. The molecule has 1 N–H and O–H groups in total. The van der Waals surface area contributed by atoms with Crippen LogP contribution in [0.2, 0.25) is 0 Å². The first-order valence-corrected chi connectivity index (χ1v) is 10.7. The molecular formula is C17H21BrN4O4S. The van der Waals surface area contributed by atoms with Crippen LogP contribution in [0.5, 0.6) is 5.75 Å². The predicted octanol–water partition coefficient (Wildman–Crippen LogP) is 1.61. The summed E-state index contributed by atoms with van der Waals surface area (Å²) in [5, 5.41) is 0. The van der Waals surface area contributed by atoms with E-state index in [-0.39, 0.29) is 16.5 Å². The van der Waals surface area contributed by atoms with Crippen molar-refractivity contribution in [2.45, 2.75) is 17.9 Å². The van der Waals surface area contributed by atoms with Crippen LogP contribution < -0.4 is 10.3 Å². The zero-order valence-corrected chi connectivity index (χ0v) is 17.5. The van der Waals surface area contributed by atoms with Crippen molar-refractivity contribution in [3.8, 4) is 5.75 Å². The molecule has 2 heterocycles. The third kappa shape index (κ3) is 4.23. The van der Waals surface area contributed by atoms with Crippen molar-refractivity contribution in [2.75, 3.05) is 33.3 Å². The zero-order chi connectivity index (χ0) is 19.6. The molecule has 1 aromatic heterocycles. The molecule has 0 radical (unpaired) electrons. The highest BCUT2D eigenvalue weighted by Gasteiger charge is 2.30. The van der Waals surface area contributed by atoms with E-state index in [1.807, 2.05) is 6.92 Å². The Hall–Kier alpha value is -1.75. The monoisotopic (exact) mass is 456 g/mol. The molecule has 0 amide bonds. The van der Waals surface area contributed by atoms with Gasteiger partial charge in [-0.15, -0.1) is 0 Å². The number of piperazine rings is 1. The van der Waals surface area contributed by atoms with Crippen LogP contribution in [-0.2, 0) is 10.0 Å². The van der Waals surface area contributed by atoms with Crippen molar-refractivity contribution in [3.05, 3.63) is 51.1 Å². The largest absolute Gasteiger partial charge is 0.497 e. The lowest BCUT2D eigenvalue weighted by atomic mass is 10.2. The maximum atomic E-state index is 12.8. The van der Waals surface area contributed by atoms with E-state index in [1.54, 1.807) is 24.3 Å². The van der Waals surface area contributed by atoms with Crippen molar-refractivity contribution >= 4 is 26.0 Å². The maximum absolute atomic E-state index is 12.8. The molecule has 1 saturated heterocycles. The Labute approximate surface area is 166 Å². The fraction of sp³-hybridized carbons (Fsp3) is 0.412. The van der Waals surface area contributed by atoms with E-state index in [0.717, 1.165) is 0 Å². The first-order chi connectivity index (χ1) is 12.8. The molecular weight excluding hydrogens is 436 g/mol. The number of rotatable bonds is 5. The maximum Gasteiger partial charge on any atom is 0.265 e. The summed E-state index contributed by atoms with van der Waals surface area (Å²) in [4.78, 5) is 21.1. The van der Waals surface area contributed by atoms with Crippen LogP contribution in [0.3, 0.4) is 0 Å². The molecule has 27 heavy (non-hydrogen) atoms. The molecule has 0 bridgehead atoms. The molecule has 8 nitrogen and oxygen atoms in total. The fourth-order valence-corrected chi connectivity index (χ4v) is 4.63. The van der Waals surface area contributed by atoms with Crippen LogP contribution >= 0.6 is 15.9 Å². The number of benzene rings is 1. The Bertz CT molecular complexity index is 954. The van der Waals surface area contributed by atoms with Crippen LogP contribution in [0.15, 0.2) is 44.6 Å². The number of aromatic amines is 1. The summed E-state index contributed by atoms with van der Waals surface area (Å²) in [5.41, 5.74) is -0.229. The Morgan fingerprint density at radius 1 is 1.19 bits per heavy atom. The first kappa shape index (κ1) is 20.0. The molecule has 10 heteroatoms. The van der Waals surface area contributed by atoms with Crippen molar-refractivity contribution in [1.29, 1.82) is 0 Å². The smallest absolute Gasteiger partial charge is 0.265 e. The van der Waals surface area contributed by atoms with Gasteiger partial charge in [0.1, 0.15) is 16.0 Å². The highest BCUT2D eigenvalue weighted by molar-refractivity contribution is 9.10. The van der Waals surface area contributed by atoms with Crippen molar-refractivity contribution in [2.24, 2.45) is 0 Å². The van der Waals surface area contributed by atoms with Crippen LogP contribution in [0.4, 0.5) is 0 Å². The van der Waals surface area contributed by atoms with Gasteiger partial charge in [-0.25, -0.2) is 13.4 Å². The third-order valence-electron chi connectivity index (χ3n) is 4.69. The summed E-state index contributed by atoms with van der Waals surface area (Å²) in [6.45, 7) is 3.80. The van der Waals surface area contributed by atoms with Gasteiger partial charge < -0.3 is 9.72 Å². The molecule has 1 aliphatic rings. The van der Waals surface area contributed by atoms with E-state index in [4.69, 9.17) is 4.74 Å².